The van der Waals surface area contributed by atoms with Crippen molar-refractivity contribution in [3.63, 3.8) is 0 Å². The quantitative estimate of drug-likeness (QED) is 0.762. The van der Waals surface area contributed by atoms with Gasteiger partial charge < -0.3 is 19.1 Å². The topological polar surface area (TPSA) is 73.8 Å². The van der Waals surface area contributed by atoms with Crippen LogP contribution >= 0.6 is 11.6 Å². The molecule has 0 N–H and O–H groups in total. The van der Waals surface area contributed by atoms with Crippen molar-refractivity contribution in [3.8, 4) is 5.88 Å². The Labute approximate surface area is 157 Å². The molecule has 7 nitrogen and oxygen atoms in total. The van der Waals surface area contributed by atoms with E-state index in [2.05, 4.69) is 9.97 Å². The fourth-order valence-corrected chi connectivity index (χ4v) is 2.79. The summed E-state index contributed by atoms with van der Waals surface area (Å²) in [5.41, 5.74) is 0.181. The lowest BCUT2D eigenvalue weighted by Crippen LogP contribution is -2.49. The number of halogens is 1. The summed E-state index contributed by atoms with van der Waals surface area (Å²) < 4.78 is 16.9. The van der Waals surface area contributed by atoms with Gasteiger partial charge in [-0.1, -0.05) is 11.6 Å². The smallest absolute Gasteiger partial charge is 0.410 e. The molecule has 3 rings (SSSR count). The van der Waals surface area contributed by atoms with E-state index in [1.807, 2.05) is 32.9 Å². The number of hydrogen-bond donors (Lipinski definition) is 0. The molecule has 1 amide bonds. The number of fused-ring (bicyclic) bond motifs is 1. The van der Waals surface area contributed by atoms with Gasteiger partial charge >= 0.3 is 6.09 Å². The first-order valence-corrected chi connectivity index (χ1v) is 8.83. The number of aromatic nitrogens is 2. The van der Waals surface area contributed by atoms with Crippen LogP contribution in [0.3, 0.4) is 0 Å². The zero-order chi connectivity index (χ0) is 18.7. The molecule has 2 aromatic heterocycles. The summed E-state index contributed by atoms with van der Waals surface area (Å²) in [4.78, 5) is 22.3. The Morgan fingerprint density at radius 1 is 1.46 bits per heavy atom. The molecule has 8 heteroatoms. The average molecular weight is 380 g/mol. The fraction of sp³-hybridized carbons (Fsp3) is 0.500. The maximum atomic E-state index is 12.2. The third kappa shape index (κ3) is 4.74. The number of hydrogen-bond acceptors (Lipinski definition) is 6. The Morgan fingerprint density at radius 2 is 2.27 bits per heavy atom. The van der Waals surface area contributed by atoms with E-state index in [0.717, 1.165) is 5.39 Å². The van der Waals surface area contributed by atoms with Gasteiger partial charge in [0.05, 0.1) is 24.1 Å². The van der Waals surface area contributed by atoms with Crippen molar-refractivity contribution in [2.24, 2.45) is 0 Å². The normalized spacial score (nSPS) is 18.0. The molecule has 0 radical (unpaired) electrons. The number of carbonyl (C=O) groups excluding carboxylic acids is 1. The Morgan fingerprint density at radius 3 is 3.04 bits per heavy atom. The predicted molar refractivity (Wildman–Crippen MR) is 97.6 cm³/mol. The zero-order valence-corrected chi connectivity index (χ0v) is 15.8. The Bertz CT molecular complexity index is 794. The highest BCUT2D eigenvalue weighted by atomic mass is 35.5. The van der Waals surface area contributed by atoms with Gasteiger partial charge in [-0.3, -0.25) is 4.98 Å². The van der Waals surface area contributed by atoms with Crippen LogP contribution in [0.15, 0.2) is 24.4 Å². The number of amides is 1. The molecule has 0 saturated carbocycles. The molecule has 0 aliphatic carbocycles. The largest absolute Gasteiger partial charge is 0.474 e. The highest BCUT2D eigenvalue weighted by molar-refractivity contribution is 6.30. The Balaban J connectivity index is 1.64. The van der Waals surface area contributed by atoms with Crippen molar-refractivity contribution >= 4 is 28.6 Å². The van der Waals surface area contributed by atoms with E-state index in [0.29, 0.717) is 36.2 Å². The SMILES string of the molecule is CC(C)(C)OC(=O)N1CCOC(COc2nc(Cl)cc3ncccc23)C1. The van der Waals surface area contributed by atoms with E-state index >= 15 is 0 Å². The minimum Gasteiger partial charge on any atom is -0.474 e. The van der Waals surface area contributed by atoms with Gasteiger partial charge in [0, 0.05) is 18.8 Å². The van der Waals surface area contributed by atoms with Gasteiger partial charge in [0.15, 0.2) is 0 Å². The first-order chi connectivity index (χ1) is 12.3. The molecular formula is C18H22ClN3O4. The summed E-state index contributed by atoms with van der Waals surface area (Å²) in [5, 5.41) is 1.09. The van der Waals surface area contributed by atoms with Crippen LogP contribution < -0.4 is 4.74 Å². The summed E-state index contributed by atoms with van der Waals surface area (Å²) in [6, 6.07) is 5.37. The maximum Gasteiger partial charge on any atom is 0.410 e. The molecular weight excluding hydrogens is 358 g/mol. The minimum atomic E-state index is -0.530. The molecule has 0 bridgehead atoms. The predicted octanol–water partition coefficient (Wildman–Crippen LogP) is 3.30. The number of pyridine rings is 2. The number of carbonyl (C=O) groups is 1. The number of morpholine rings is 1. The first-order valence-electron chi connectivity index (χ1n) is 8.45. The van der Waals surface area contributed by atoms with Crippen LogP contribution in [0, 0.1) is 0 Å². The summed E-state index contributed by atoms with van der Waals surface area (Å²) in [6.45, 7) is 7.09. The van der Waals surface area contributed by atoms with Crippen molar-refractivity contribution in [1.29, 1.82) is 0 Å². The van der Waals surface area contributed by atoms with Crippen LogP contribution in [0.4, 0.5) is 4.79 Å². The maximum absolute atomic E-state index is 12.2. The van der Waals surface area contributed by atoms with Gasteiger partial charge in [0.1, 0.15) is 23.5 Å². The van der Waals surface area contributed by atoms with Gasteiger partial charge in [0.2, 0.25) is 5.88 Å². The van der Waals surface area contributed by atoms with Crippen molar-refractivity contribution < 1.29 is 19.0 Å². The molecule has 0 aromatic carbocycles. The van der Waals surface area contributed by atoms with Crippen LogP contribution in [0.1, 0.15) is 20.8 Å². The van der Waals surface area contributed by atoms with Gasteiger partial charge in [-0.15, -0.1) is 0 Å². The molecule has 1 aliphatic heterocycles. The van der Waals surface area contributed by atoms with E-state index < -0.39 is 5.60 Å². The highest BCUT2D eigenvalue weighted by Crippen LogP contribution is 2.25. The highest BCUT2D eigenvalue weighted by Gasteiger charge is 2.28. The molecule has 1 atom stereocenters. The van der Waals surface area contributed by atoms with Crippen molar-refractivity contribution in [2.45, 2.75) is 32.5 Å². The van der Waals surface area contributed by atoms with Crippen molar-refractivity contribution in [2.75, 3.05) is 26.3 Å². The van der Waals surface area contributed by atoms with E-state index in [1.165, 1.54) is 0 Å². The zero-order valence-electron chi connectivity index (χ0n) is 15.1. The Kier molecular flexibility index (Phi) is 5.48. The molecule has 1 unspecified atom stereocenters. The summed E-state index contributed by atoms with van der Waals surface area (Å²) >= 11 is 6.04. The Hall–Kier alpha value is -2.12. The molecule has 0 spiro atoms. The lowest BCUT2D eigenvalue weighted by Gasteiger charge is -2.34. The summed E-state index contributed by atoms with van der Waals surface area (Å²) in [6.07, 6.45) is 1.07. The van der Waals surface area contributed by atoms with Crippen LogP contribution in [-0.4, -0.2) is 59.0 Å². The van der Waals surface area contributed by atoms with Gasteiger partial charge in [-0.05, 0) is 32.9 Å². The third-order valence-corrected chi connectivity index (χ3v) is 3.92. The standard InChI is InChI=1S/C18H22ClN3O4/c1-18(2,3)26-17(23)22-7-8-24-12(10-22)11-25-16-13-5-4-6-20-14(13)9-15(19)21-16/h4-6,9,12H,7-8,10-11H2,1-3H3. The van der Waals surface area contributed by atoms with Crippen LogP contribution in [0.2, 0.25) is 5.15 Å². The second-order valence-electron chi connectivity index (χ2n) is 7.05. The molecule has 1 aliphatic rings. The lowest BCUT2D eigenvalue weighted by atomic mass is 10.2. The second kappa shape index (κ2) is 7.63. The first kappa shape index (κ1) is 18.7. The third-order valence-electron chi connectivity index (χ3n) is 3.73. The molecule has 3 heterocycles. The van der Waals surface area contributed by atoms with Gasteiger partial charge in [0.25, 0.3) is 0 Å². The second-order valence-corrected chi connectivity index (χ2v) is 7.44. The van der Waals surface area contributed by atoms with Crippen molar-refractivity contribution in [1.82, 2.24) is 14.9 Å². The average Bonchev–Trinajstić information content (AvgIpc) is 2.58. The minimum absolute atomic E-state index is 0.247. The lowest BCUT2D eigenvalue weighted by molar-refractivity contribution is -0.0559. The van der Waals surface area contributed by atoms with Crippen LogP contribution in [0.5, 0.6) is 5.88 Å². The van der Waals surface area contributed by atoms with Gasteiger partial charge in [-0.2, -0.15) is 0 Å². The summed E-state index contributed by atoms with van der Waals surface area (Å²) in [5.74, 6) is 0.401. The number of nitrogens with zero attached hydrogens (tertiary/aromatic N) is 3. The van der Waals surface area contributed by atoms with Gasteiger partial charge in [-0.25, -0.2) is 9.78 Å². The monoisotopic (exact) mass is 379 g/mol. The van der Waals surface area contributed by atoms with E-state index in [9.17, 15) is 4.79 Å². The molecule has 2 aromatic rings. The molecule has 1 saturated heterocycles. The molecule has 26 heavy (non-hydrogen) atoms. The summed E-state index contributed by atoms with van der Waals surface area (Å²) in [7, 11) is 0. The van der Waals surface area contributed by atoms with E-state index in [-0.39, 0.29) is 18.8 Å². The molecule has 140 valence electrons. The molecule has 1 fully saturated rings. The van der Waals surface area contributed by atoms with E-state index in [4.69, 9.17) is 25.8 Å². The number of ether oxygens (including phenoxy) is 3. The van der Waals surface area contributed by atoms with Crippen LogP contribution in [0.25, 0.3) is 10.9 Å². The van der Waals surface area contributed by atoms with E-state index in [1.54, 1.807) is 17.2 Å². The number of rotatable bonds is 3. The van der Waals surface area contributed by atoms with Crippen molar-refractivity contribution in [3.05, 3.63) is 29.5 Å². The fourth-order valence-electron chi connectivity index (χ4n) is 2.61. The van der Waals surface area contributed by atoms with Crippen LogP contribution in [-0.2, 0) is 9.47 Å².